The Morgan fingerprint density at radius 1 is 1.18 bits per heavy atom. The molecule has 2 nitrogen and oxygen atoms in total. The maximum absolute atomic E-state index is 10.9. The molecule has 0 N–H and O–H groups in total. The molecule has 0 heterocycles. The first-order valence-corrected chi connectivity index (χ1v) is 5.92. The first kappa shape index (κ1) is 13.5. The molecule has 1 aromatic carbocycles. The number of allylic oxidation sites excluding steroid dienone is 1. The molecule has 0 aliphatic carbocycles. The standard InChI is InChI=1S/C15H20O2/c1-12(2)10-11-17-15-8-6-14(7-9-15)5-4-13(3)16/h6-10H,4-5,11H2,1-3H3. The molecule has 0 fully saturated rings. The highest BCUT2D eigenvalue weighted by atomic mass is 16.5. The first-order valence-electron chi connectivity index (χ1n) is 5.92. The summed E-state index contributed by atoms with van der Waals surface area (Å²) in [6.07, 6.45) is 3.46. The van der Waals surface area contributed by atoms with Crippen molar-refractivity contribution >= 4 is 5.78 Å². The predicted molar refractivity (Wildman–Crippen MR) is 70.4 cm³/mol. The zero-order valence-corrected chi connectivity index (χ0v) is 10.8. The minimum atomic E-state index is 0.230. The number of hydrogen-bond acceptors (Lipinski definition) is 2. The minimum absolute atomic E-state index is 0.230. The van der Waals surface area contributed by atoms with Gasteiger partial charge in [0.1, 0.15) is 18.1 Å². The molecule has 0 spiro atoms. The lowest BCUT2D eigenvalue weighted by Crippen LogP contribution is -1.96. The quantitative estimate of drug-likeness (QED) is 0.701. The van der Waals surface area contributed by atoms with Crippen LogP contribution in [0.5, 0.6) is 5.75 Å². The fourth-order valence-electron chi connectivity index (χ4n) is 1.38. The van der Waals surface area contributed by atoms with Gasteiger partial charge in [-0.2, -0.15) is 0 Å². The van der Waals surface area contributed by atoms with Crippen LogP contribution in [0.25, 0.3) is 0 Å². The highest BCUT2D eigenvalue weighted by molar-refractivity contribution is 5.75. The van der Waals surface area contributed by atoms with Gasteiger partial charge in [0.25, 0.3) is 0 Å². The van der Waals surface area contributed by atoms with Crippen molar-refractivity contribution in [2.75, 3.05) is 6.61 Å². The van der Waals surface area contributed by atoms with Crippen LogP contribution in [0.2, 0.25) is 0 Å². The smallest absolute Gasteiger partial charge is 0.130 e. The van der Waals surface area contributed by atoms with Crippen molar-refractivity contribution in [2.24, 2.45) is 0 Å². The number of Topliss-reactive ketones (excluding diaryl/α,β-unsaturated/α-hetero) is 1. The Hall–Kier alpha value is -1.57. The highest BCUT2D eigenvalue weighted by Crippen LogP contribution is 2.13. The zero-order chi connectivity index (χ0) is 12.7. The van der Waals surface area contributed by atoms with Crippen molar-refractivity contribution < 1.29 is 9.53 Å². The van der Waals surface area contributed by atoms with Gasteiger partial charge < -0.3 is 9.53 Å². The maximum atomic E-state index is 10.9. The Kier molecular flexibility index (Phi) is 5.47. The lowest BCUT2D eigenvalue weighted by atomic mass is 10.1. The van der Waals surface area contributed by atoms with E-state index < -0.39 is 0 Å². The van der Waals surface area contributed by atoms with Crippen molar-refractivity contribution in [1.29, 1.82) is 0 Å². The average Bonchev–Trinajstić information content (AvgIpc) is 2.27. The number of ether oxygens (including phenoxy) is 1. The van der Waals surface area contributed by atoms with E-state index in [4.69, 9.17) is 4.74 Å². The molecule has 0 saturated carbocycles. The van der Waals surface area contributed by atoms with Gasteiger partial charge >= 0.3 is 0 Å². The van der Waals surface area contributed by atoms with E-state index in [1.807, 2.05) is 44.2 Å². The number of ketones is 1. The number of aryl methyl sites for hydroxylation is 1. The second-order valence-electron chi connectivity index (χ2n) is 4.44. The van der Waals surface area contributed by atoms with Gasteiger partial charge in [-0.1, -0.05) is 17.7 Å². The number of carbonyl (C=O) groups is 1. The molecule has 17 heavy (non-hydrogen) atoms. The Morgan fingerprint density at radius 3 is 2.35 bits per heavy atom. The number of benzene rings is 1. The van der Waals surface area contributed by atoms with Gasteiger partial charge in [-0.3, -0.25) is 0 Å². The van der Waals surface area contributed by atoms with Gasteiger partial charge in [0.15, 0.2) is 0 Å². The summed E-state index contributed by atoms with van der Waals surface area (Å²) in [6.45, 7) is 6.33. The molecule has 1 aromatic rings. The first-order chi connectivity index (χ1) is 8.08. The van der Waals surface area contributed by atoms with Gasteiger partial charge in [-0.05, 0) is 51.0 Å². The van der Waals surface area contributed by atoms with Crippen LogP contribution in [0.4, 0.5) is 0 Å². The Bertz CT molecular complexity index is 384. The predicted octanol–water partition coefficient (Wildman–Crippen LogP) is 3.55. The molecule has 0 saturated heterocycles. The van der Waals surface area contributed by atoms with E-state index in [-0.39, 0.29) is 5.78 Å². The fraction of sp³-hybridized carbons (Fsp3) is 0.400. The normalized spacial score (nSPS) is 9.82. The van der Waals surface area contributed by atoms with Gasteiger partial charge in [-0.15, -0.1) is 0 Å². The monoisotopic (exact) mass is 232 g/mol. The van der Waals surface area contributed by atoms with Crippen molar-refractivity contribution in [2.45, 2.75) is 33.6 Å². The Morgan fingerprint density at radius 2 is 1.82 bits per heavy atom. The molecule has 0 aromatic heterocycles. The molecule has 0 unspecified atom stereocenters. The summed E-state index contributed by atoms with van der Waals surface area (Å²) in [5.41, 5.74) is 2.43. The molecule has 0 aliphatic rings. The largest absolute Gasteiger partial charge is 0.490 e. The molecule has 0 amide bonds. The van der Waals surface area contributed by atoms with E-state index in [2.05, 4.69) is 0 Å². The van der Waals surface area contributed by atoms with Crippen molar-refractivity contribution in [1.82, 2.24) is 0 Å². The van der Waals surface area contributed by atoms with Gasteiger partial charge in [0.2, 0.25) is 0 Å². The van der Waals surface area contributed by atoms with Crippen LogP contribution >= 0.6 is 0 Å². The van der Waals surface area contributed by atoms with E-state index in [0.717, 1.165) is 12.2 Å². The van der Waals surface area contributed by atoms with Crippen molar-refractivity contribution in [3.8, 4) is 5.75 Å². The topological polar surface area (TPSA) is 26.3 Å². The summed E-state index contributed by atoms with van der Waals surface area (Å²) in [6, 6.07) is 7.93. The van der Waals surface area contributed by atoms with E-state index in [1.165, 1.54) is 11.1 Å². The molecular formula is C15H20O2. The lowest BCUT2D eigenvalue weighted by Gasteiger charge is -2.05. The second kappa shape index (κ2) is 6.89. The van der Waals surface area contributed by atoms with Crippen LogP contribution in [-0.2, 0) is 11.2 Å². The highest BCUT2D eigenvalue weighted by Gasteiger charge is 1.97. The minimum Gasteiger partial charge on any atom is -0.490 e. The fourth-order valence-corrected chi connectivity index (χ4v) is 1.38. The second-order valence-corrected chi connectivity index (χ2v) is 4.44. The third-order valence-electron chi connectivity index (χ3n) is 2.43. The SMILES string of the molecule is CC(=O)CCc1ccc(OCC=C(C)C)cc1. The van der Waals surface area contributed by atoms with Crippen LogP contribution in [0.3, 0.4) is 0 Å². The Balaban J connectivity index is 2.44. The van der Waals surface area contributed by atoms with E-state index in [1.54, 1.807) is 6.92 Å². The molecule has 0 bridgehead atoms. The average molecular weight is 232 g/mol. The van der Waals surface area contributed by atoms with E-state index in [0.29, 0.717) is 13.0 Å². The summed E-state index contributed by atoms with van der Waals surface area (Å²) < 4.78 is 5.55. The van der Waals surface area contributed by atoms with Gasteiger partial charge in [0, 0.05) is 6.42 Å². The van der Waals surface area contributed by atoms with E-state index >= 15 is 0 Å². The number of rotatable bonds is 6. The summed E-state index contributed by atoms with van der Waals surface area (Å²) in [4.78, 5) is 10.9. The van der Waals surface area contributed by atoms with Gasteiger partial charge in [-0.25, -0.2) is 0 Å². The third kappa shape index (κ3) is 5.91. The Labute approximate surface area is 103 Å². The third-order valence-corrected chi connectivity index (χ3v) is 2.43. The summed E-state index contributed by atoms with van der Waals surface area (Å²) in [5.74, 6) is 1.10. The van der Waals surface area contributed by atoms with Crippen LogP contribution in [0.15, 0.2) is 35.9 Å². The van der Waals surface area contributed by atoms with Crippen molar-refractivity contribution in [3.63, 3.8) is 0 Å². The summed E-state index contributed by atoms with van der Waals surface area (Å²) in [7, 11) is 0. The number of carbonyl (C=O) groups excluding carboxylic acids is 1. The van der Waals surface area contributed by atoms with Crippen LogP contribution in [-0.4, -0.2) is 12.4 Å². The summed E-state index contributed by atoms with van der Waals surface area (Å²) >= 11 is 0. The number of hydrogen-bond donors (Lipinski definition) is 0. The van der Waals surface area contributed by atoms with Crippen LogP contribution in [0.1, 0.15) is 32.8 Å². The van der Waals surface area contributed by atoms with Crippen LogP contribution < -0.4 is 4.74 Å². The lowest BCUT2D eigenvalue weighted by molar-refractivity contribution is -0.116. The molecule has 2 heteroatoms. The van der Waals surface area contributed by atoms with Gasteiger partial charge in [0.05, 0.1) is 0 Å². The molecule has 0 radical (unpaired) electrons. The zero-order valence-electron chi connectivity index (χ0n) is 10.8. The molecule has 0 aliphatic heterocycles. The maximum Gasteiger partial charge on any atom is 0.130 e. The molecule has 92 valence electrons. The van der Waals surface area contributed by atoms with Crippen LogP contribution in [0, 0.1) is 0 Å². The molecular weight excluding hydrogens is 212 g/mol. The molecule has 1 rings (SSSR count). The van der Waals surface area contributed by atoms with E-state index in [9.17, 15) is 4.79 Å². The molecule has 0 atom stereocenters. The van der Waals surface area contributed by atoms with Crippen molar-refractivity contribution in [3.05, 3.63) is 41.5 Å². The summed E-state index contributed by atoms with van der Waals surface area (Å²) in [5, 5.41) is 0.